The smallest absolute Gasteiger partial charge is 0.173 e. The van der Waals surface area contributed by atoms with Crippen LogP contribution in [0.25, 0.3) is 21.6 Å². The molecule has 0 fully saturated rings. The fourth-order valence-electron chi connectivity index (χ4n) is 2.01. The molecule has 3 nitrogen and oxygen atoms in total. The summed E-state index contributed by atoms with van der Waals surface area (Å²) in [6.07, 6.45) is 0. The predicted octanol–water partition coefficient (Wildman–Crippen LogP) is 4.83. The summed E-state index contributed by atoms with van der Waals surface area (Å²) in [5, 5.41) is 7.05. The third-order valence-electron chi connectivity index (χ3n) is 2.85. The molecule has 2 heterocycles. The molecule has 5 heteroatoms. The van der Waals surface area contributed by atoms with Crippen LogP contribution in [0.4, 0.5) is 5.82 Å². The minimum absolute atomic E-state index is 0.306. The maximum atomic E-state index is 6.19. The van der Waals surface area contributed by atoms with Gasteiger partial charge in [-0.2, -0.15) is 0 Å². The molecule has 20 heavy (non-hydrogen) atoms. The molecule has 0 bridgehead atoms. The molecule has 0 amide bonds. The van der Waals surface area contributed by atoms with Crippen molar-refractivity contribution < 1.29 is 0 Å². The Kier molecular flexibility index (Phi) is 3.59. The Morgan fingerprint density at radius 2 is 1.95 bits per heavy atom. The minimum Gasteiger partial charge on any atom is -0.367 e. The van der Waals surface area contributed by atoms with Crippen molar-refractivity contribution in [3.05, 3.63) is 40.7 Å². The van der Waals surface area contributed by atoms with Crippen LogP contribution in [0.2, 0.25) is 5.02 Å². The molecule has 1 aromatic carbocycles. The SMILES string of the molecule is CC(C)Nc1nc(-c2sccc2Cl)nc2ccccc12. The Hall–Kier alpha value is -1.65. The molecule has 0 radical (unpaired) electrons. The maximum Gasteiger partial charge on any atom is 0.173 e. The van der Waals surface area contributed by atoms with Gasteiger partial charge in [-0.15, -0.1) is 11.3 Å². The molecule has 0 aliphatic rings. The van der Waals surface area contributed by atoms with Crippen molar-refractivity contribution in [3.8, 4) is 10.7 Å². The van der Waals surface area contributed by atoms with E-state index in [9.17, 15) is 0 Å². The number of benzene rings is 1. The first kappa shape index (κ1) is 13.3. The standard InChI is InChI=1S/C15H14ClN3S/c1-9(2)17-14-10-5-3-4-6-12(10)18-15(19-14)13-11(16)7-8-20-13/h3-9H,1-2H3,(H,17,18,19). The van der Waals surface area contributed by atoms with Crippen LogP contribution in [-0.4, -0.2) is 16.0 Å². The number of anilines is 1. The van der Waals surface area contributed by atoms with Crippen molar-refractivity contribution in [2.75, 3.05) is 5.32 Å². The lowest BCUT2D eigenvalue weighted by Crippen LogP contribution is -2.12. The third kappa shape index (κ3) is 2.49. The summed E-state index contributed by atoms with van der Waals surface area (Å²) in [7, 11) is 0. The van der Waals surface area contributed by atoms with Gasteiger partial charge in [-0.3, -0.25) is 0 Å². The summed E-state index contributed by atoms with van der Waals surface area (Å²) in [6, 6.07) is 10.2. The highest BCUT2D eigenvalue weighted by Crippen LogP contribution is 2.33. The van der Waals surface area contributed by atoms with E-state index in [-0.39, 0.29) is 0 Å². The number of thiophene rings is 1. The van der Waals surface area contributed by atoms with E-state index in [0.29, 0.717) is 16.9 Å². The number of fused-ring (bicyclic) bond motifs is 1. The van der Waals surface area contributed by atoms with Gasteiger partial charge in [0.1, 0.15) is 5.82 Å². The predicted molar refractivity (Wildman–Crippen MR) is 86.6 cm³/mol. The highest BCUT2D eigenvalue weighted by molar-refractivity contribution is 7.14. The zero-order chi connectivity index (χ0) is 14.1. The topological polar surface area (TPSA) is 37.8 Å². The van der Waals surface area contributed by atoms with Crippen LogP contribution in [0.3, 0.4) is 0 Å². The quantitative estimate of drug-likeness (QED) is 0.753. The van der Waals surface area contributed by atoms with Gasteiger partial charge < -0.3 is 5.32 Å². The first-order valence-corrected chi connectivity index (χ1v) is 7.67. The summed E-state index contributed by atoms with van der Waals surface area (Å²) in [4.78, 5) is 10.2. The number of para-hydroxylation sites is 1. The zero-order valence-corrected chi connectivity index (χ0v) is 12.8. The molecule has 0 saturated heterocycles. The van der Waals surface area contributed by atoms with E-state index in [0.717, 1.165) is 21.6 Å². The molecule has 0 atom stereocenters. The van der Waals surface area contributed by atoms with E-state index in [1.807, 2.05) is 35.7 Å². The molecule has 2 aromatic heterocycles. The van der Waals surface area contributed by atoms with Crippen molar-refractivity contribution in [2.45, 2.75) is 19.9 Å². The monoisotopic (exact) mass is 303 g/mol. The van der Waals surface area contributed by atoms with Crippen LogP contribution in [0, 0.1) is 0 Å². The lowest BCUT2D eigenvalue weighted by Gasteiger charge is -2.12. The van der Waals surface area contributed by atoms with E-state index in [4.69, 9.17) is 11.6 Å². The van der Waals surface area contributed by atoms with Crippen molar-refractivity contribution in [1.29, 1.82) is 0 Å². The van der Waals surface area contributed by atoms with Crippen LogP contribution < -0.4 is 5.32 Å². The second-order valence-corrected chi connectivity index (χ2v) is 6.13. The highest BCUT2D eigenvalue weighted by Gasteiger charge is 2.13. The number of nitrogens with one attached hydrogen (secondary N) is 1. The zero-order valence-electron chi connectivity index (χ0n) is 11.2. The van der Waals surface area contributed by atoms with E-state index in [2.05, 4.69) is 29.1 Å². The van der Waals surface area contributed by atoms with Crippen molar-refractivity contribution >= 4 is 39.7 Å². The highest BCUT2D eigenvalue weighted by atomic mass is 35.5. The average Bonchev–Trinajstić information content (AvgIpc) is 2.84. The molecule has 0 aliphatic carbocycles. The van der Waals surface area contributed by atoms with E-state index >= 15 is 0 Å². The van der Waals surface area contributed by atoms with Gasteiger partial charge in [0.25, 0.3) is 0 Å². The van der Waals surface area contributed by atoms with Gasteiger partial charge in [0, 0.05) is 11.4 Å². The molecular weight excluding hydrogens is 290 g/mol. The van der Waals surface area contributed by atoms with E-state index in [1.54, 1.807) is 11.3 Å². The Bertz CT molecular complexity index is 752. The first-order chi connectivity index (χ1) is 9.65. The fourth-order valence-corrected chi connectivity index (χ4v) is 3.09. The lowest BCUT2D eigenvalue weighted by molar-refractivity contribution is 0.891. The van der Waals surface area contributed by atoms with Gasteiger partial charge in [0.2, 0.25) is 0 Å². The largest absolute Gasteiger partial charge is 0.367 e. The summed E-state index contributed by atoms with van der Waals surface area (Å²) in [5.41, 5.74) is 0.921. The summed E-state index contributed by atoms with van der Waals surface area (Å²) in [5.74, 6) is 1.52. The molecular formula is C15H14ClN3S. The second-order valence-electron chi connectivity index (χ2n) is 4.81. The van der Waals surface area contributed by atoms with Crippen LogP contribution in [0.5, 0.6) is 0 Å². The van der Waals surface area contributed by atoms with Gasteiger partial charge in [-0.1, -0.05) is 23.7 Å². The first-order valence-electron chi connectivity index (χ1n) is 6.42. The molecule has 1 N–H and O–H groups in total. The number of nitrogens with zero attached hydrogens (tertiary/aromatic N) is 2. The Labute approximate surface area is 126 Å². The van der Waals surface area contributed by atoms with Gasteiger partial charge in [0.15, 0.2) is 5.82 Å². The van der Waals surface area contributed by atoms with Crippen LogP contribution >= 0.6 is 22.9 Å². The number of hydrogen-bond acceptors (Lipinski definition) is 4. The van der Waals surface area contributed by atoms with Gasteiger partial charge >= 0.3 is 0 Å². The molecule has 0 unspecified atom stereocenters. The number of rotatable bonds is 3. The molecule has 0 aliphatic heterocycles. The second kappa shape index (κ2) is 5.38. The molecule has 3 rings (SSSR count). The Morgan fingerprint density at radius 3 is 2.65 bits per heavy atom. The van der Waals surface area contributed by atoms with Crippen molar-refractivity contribution in [1.82, 2.24) is 9.97 Å². The molecule has 102 valence electrons. The van der Waals surface area contributed by atoms with E-state index in [1.165, 1.54) is 0 Å². The van der Waals surface area contributed by atoms with Crippen molar-refractivity contribution in [2.24, 2.45) is 0 Å². The number of aromatic nitrogens is 2. The normalized spacial score (nSPS) is 11.2. The van der Waals surface area contributed by atoms with E-state index < -0.39 is 0 Å². The summed E-state index contributed by atoms with van der Waals surface area (Å²) < 4.78 is 0. The summed E-state index contributed by atoms with van der Waals surface area (Å²) >= 11 is 7.75. The average molecular weight is 304 g/mol. The molecule has 0 saturated carbocycles. The molecule has 3 aromatic rings. The van der Waals surface area contributed by atoms with Crippen LogP contribution in [0.15, 0.2) is 35.7 Å². The van der Waals surface area contributed by atoms with Crippen LogP contribution in [-0.2, 0) is 0 Å². The summed E-state index contributed by atoms with van der Waals surface area (Å²) in [6.45, 7) is 4.18. The van der Waals surface area contributed by atoms with Crippen molar-refractivity contribution in [3.63, 3.8) is 0 Å². The maximum absolute atomic E-state index is 6.19. The van der Waals surface area contributed by atoms with Crippen LogP contribution in [0.1, 0.15) is 13.8 Å². The lowest BCUT2D eigenvalue weighted by atomic mass is 10.2. The van der Waals surface area contributed by atoms with Gasteiger partial charge in [-0.05, 0) is 37.4 Å². The van der Waals surface area contributed by atoms with Gasteiger partial charge in [0.05, 0.1) is 15.4 Å². The third-order valence-corrected chi connectivity index (χ3v) is 4.19. The van der Waals surface area contributed by atoms with Gasteiger partial charge in [-0.25, -0.2) is 9.97 Å². The number of hydrogen-bond donors (Lipinski definition) is 1. The Balaban J connectivity index is 2.22. The number of halogens is 1. The minimum atomic E-state index is 0.306. The molecule has 0 spiro atoms. The fraction of sp³-hybridized carbons (Fsp3) is 0.200. The Morgan fingerprint density at radius 1 is 1.15 bits per heavy atom.